The van der Waals surface area contributed by atoms with Crippen LogP contribution in [0.15, 0.2) is 78.0 Å². The number of amides is 2. The number of benzene rings is 3. The van der Waals surface area contributed by atoms with E-state index in [2.05, 4.69) is 20.8 Å². The first-order valence-corrected chi connectivity index (χ1v) is 13.2. The average Bonchev–Trinajstić information content (AvgIpc) is 3.34. The number of nitrogens with zero attached hydrogens (tertiary/aromatic N) is 3. The minimum absolute atomic E-state index is 0.0280. The Morgan fingerprint density at radius 2 is 1.75 bits per heavy atom. The van der Waals surface area contributed by atoms with Gasteiger partial charge in [0.2, 0.25) is 11.8 Å². The van der Waals surface area contributed by atoms with Gasteiger partial charge in [0.25, 0.3) is 0 Å². The lowest BCUT2D eigenvalue weighted by Crippen LogP contribution is -2.26. The lowest BCUT2D eigenvalue weighted by molar-refractivity contribution is -0.137. The Bertz CT molecular complexity index is 1500. The summed E-state index contributed by atoms with van der Waals surface area (Å²) in [6, 6.07) is 18.7. The molecule has 40 heavy (non-hydrogen) atoms. The van der Waals surface area contributed by atoms with Crippen molar-refractivity contribution in [3.05, 3.63) is 94.8 Å². The number of hydrogen-bond acceptors (Lipinski definition) is 6. The highest BCUT2D eigenvalue weighted by atomic mass is 35.5. The van der Waals surface area contributed by atoms with Gasteiger partial charge in [-0.25, -0.2) is 0 Å². The van der Waals surface area contributed by atoms with E-state index in [4.69, 9.17) is 16.3 Å². The van der Waals surface area contributed by atoms with E-state index in [9.17, 15) is 22.8 Å². The minimum Gasteiger partial charge on any atom is -0.497 e. The van der Waals surface area contributed by atoms with E-state index in [1.165, 1.54) is 18.2 Å². The molecule has 0 atom stereocenters. The van der Waals surface area contributed by atoms with E-state index >= 15 is 0 Å². The average molecular weight is 590 g/mol. The van der Waals surface area contributed by atoms with Crippen LogP contribution in [0, 0.1) is 0 Å². The second-order valence-corrected chi connectivity index (χ2v) is 9.77. The van der Waals surface area contributed by atoms with Crippen LogP contribution in [-0.4, -0.2) is 39.4 Å². The van der Waals surface area contributed by atoms with Crippen LogP contribution < -0.4 is 15.4 Å². The Balaban J connectivity index is 1.47. The van der Waals surface area contributed by atoms with Crippen molar-refractivity contribution in [2.45, 2.75) is 24.3 Å². The van der Waals surface area contributed by atoms with Crippen LogP contribution in [0.25, 0.3) is 5.69 Å². The molecule has 3 aromatic carbocycles. The van der Waals surface area contributed by atoms with Crippen molar-refractivity contribution < 1.29 is 27.5 Å². The number of hydrogen-bond donors (Lipinski definition) is 2. The summed E-state index contributed by atoms with van der Waals surface area (Å²) in [5.74, 6) is -0.0912. The topological polar surface area (TPSA) is 98.1 Å². The summed E-state index contributed by atoms with van der Waals surface area (Å²) in [6.07, 6.45) is -4.48. The van der Waals surface area contributed by atoms with Crippen molar-refractivity contribution in [3.63, 3.8) is 0 Å². The molecule has 0 bridgehead atoms. The van der Waals surface area contributed by atoms with Gasteiger partial charge in [0.15, 0.2) is 11.0 Å². The molecule has 0 fully saturated rings. The van der Waals surface area contributed by atoms with Gasteiger partial charge in [-0.3, -0.25) is 14.2 Å². The van der Waals surface area contributed by atoms with Crippen LogP contribution >= 0.6 is 23.4 Å². The second kappa shape index (κ2) is 12.9. The zero-order valence-corrected chi connectivity index (χ0v) is 22.6. The lowest BCUT2D eigenvalue weighted by Gasteiger charge is -2.14. The maximum absolute atomic E-state index is 13.3. The predicted octanol–water partition coefficient (Wildman–Crippen LogP) is 5.54. The molecular formula is C27H23ClF3N5O3S. The monoisotopic (exact) mass is 589 g/mol. The Labute approximate surface area is 236 Å². The summed E-state index contributed by atoms with van der Waals surface area (Å²) in [5, 5.41) is 14.2. The van der Waals surface area contributed by atoms with Crippen LogP contribution in [0.2, 0.25) is 5.02 Å². The molecule has 1 heterocycles. The molecule has 208 valence electrons. The van der Waals surface area contributed by atoms with Crippen molar-refractivity contribution in [1.29, 1.82) is 0 Å². The van der Waals surface area contributed by atoms with Gasteiger partial charge in [-0.2, -0.15) is 13.2 Å². The van der Waals surface area contributed by atoms with E-state index in [0.29, 0.717) is 27.4 Å². The fourth-order valence-corrected chi connectivity index (χ4v) is 4.66. The highest BCUT2D eigenvalue weighted by Crippen LogP contribution is 2.34. The van der Waals surface area contributed by atoms with E-state index < -0.39 is 17.6 Å². The van der Waals surface area contributed by atoms with Gasteiger partial charge in [0, 0.05) is 5.02 Å². The molecular weight excluding hydrogens is 567 g/mol. The van der Waals surface area contributed by atoms with E-state index in [-0.39, 0.29) is 30.3 Å². The Morgan fingerprint density at radius 1 is 1.00 bits per heavy atom. The van der Waals surface area contributed by atoms with E-state index in [0.717, 1.165) is 23.4 Å². The molecule has 4 aromatic rings. The summed E-state index contributed by atoms with van der Waals surface area (Å²) in [4.78, 5) is 25.1. The largest absolute Gasteiger partial charge is 0.497 e. The molecule has 0 aliphatic rings. The van der Waals surface area contributed by atoms with Crippen LogP contribution in [0.3, 0.4) is 0 Å². The number of halogens is 4. The third kappa shape index (κ3) is 7.54. The number of nitrogens with one attached hydrogen (secondary N) is 2. The third-order valence-electron chi connectivity index (χ3n) is 5.57. The first kappa shape index (κ1) is 29.0. The molecule has 8 nitrogen and oxygen atoms in total. The van der Waals surface area contributed by atoms with Gasteiger partial charge < -0.3 is 15.4 Å². The highest BCUT2D eigenvalue weighted by Gasteiger charge is 2.33. The summed E-state index contributed by atoms with van der Waals surface area (Å²) < 4.78 is 46.6. The van der Waals surface area contributed by atoms with Gasteiger partial charge in [-0.1, -0.05) is 53.7 Å². The minimum atomic E-state index is -4.61. The number of methoxy groups -OCH3 is 1. The fourth-order valence-electron chi connectivity index (χ4n) is 3.71. The number of carbonyl (C=O) groups is 2. The van der Waals surface area contributed by atoms with E-state index in [1.54, 1.807) is 60.2 Å². The zero-order chi connectivity index (χ0) is 28.7. The Morgan fingerprint density at radius 3 is 2.45 bits per heavy atom. The number of alkyl halides is 3. The van der Waals surface area contributed by atoms with Gasteiger partial charge in [0.1, 0.15) is 5.75 Å². The molecule has 2 N–H and O–H groups in total. The first-order chi connectivity index (χ1) is 19.1. The molecule has 2 amide bonds. The number of anilines is 1. The summed E-state index contributed by atoms with van der Waals surface area (Å²) in [6.45, 7) is 0.0280. The molecule has 4 rings (SSSR count). The number of carbonyl (C=O) groups excluding carboxylic acids is 2. The Hall–Kier alpha value is -4.03. The molecule has 0 saturated carbocycles. The van der Waals surface area contributed by atoms with Gasteiger partial charge in [0.05, 0.1) is 42.8 Å². The molecule has 0 spiro atoms. The Kier molecular flexibility index (Phi) is 9.33. The van der Waals surface area contributed by atoms with Crippen molar-refractivity contribution in [3.8, 4) is 11.4 Å². The molecule has 0 aliphatic heterocycles. The summed E-state index contributed by atoms with van der Waals surface area (Å²) in [5.41, 5.74) is 0.103. The molecule has 0 aliphatic carbocycles. The van der Waals surface area contributed by atoms with Crippen LogP contribution in [0.1, 0.15) is 17.0 Å². The number of thioether (sulfide) groups is 1. The molecule has 13 heteroatoms. The number of ether oxygens (including phenoxy) is 1. The maximum Gasteiger partial charge on any atom is 0.418 e. The standard InChI is InChI=1S/C27H23ClF3N5O3S/c1-39-20-11-9-17(10-12-20)13-24(37)32-15-23-34-35-26(36(23)19-6-4-5-18(28)14-19)40-16-25(38)33-22-8-3-2-7-21(22)27(29,30)31/h2-12,14H,13,15-16H2,1H3,(H,32,37)(H,33,38). The zero-order valence-electron chi connectivity index (χ0n) is 21.0. The summed E-state index contributed by atoms with van der Waals surface area (Å²) in [7, 11) is 1.56. The molecule has 1 aromatic heterocycles. The number of rotatable bonds is 10. The molecule has 0 radical (unpaired) electrons. The van der Waals surface area contributed by atoms with Crippen molar-refractivity contribution in [2.24, 2.45) is 0 Å². The third-order valence-corrected chi connectivity index (χ3v) is 6.74. The number of para-hydroxylation sites is 1. The van der Waals surface area contributed by atoms with Gasteiger partial charge in [-0.15, -0.1) is 10.2 Å². The van der Waals surface area contributed by atoms with Crippen molar-refractivity contribution in [2.75, 3.05) is 18.2 Å². The van der Waals surface area contributed by atoms with Crippen molar-refractivity contribution in [1.82, 2.24) is 20.1 Å². The van der Waals surface area contributed by atoms with Gasteiger partial charge in [-0.05, 0) is 48.0 Å². The van der Waals surface area contributed by atoms with Crippen LogP contribution in [0.5, 0.6) is 5.75 Å². The second-order valence-electron chi connectivity index (χ2n) is 8.40. The highest BCUT2D eigenvalue weighted by molar-refractivity contribution is 7.99. The molecule has 0 saturated heterocycles. The first-order valence-electron chi connectivity index (χ1n) is 11.8. The normalized spacial score (nSPS) is 11.2. The SMILES string of the molecule is COc1ccc(CC(=O)NCc2nnc(SCC(=O)Nc3ccccc3C(F)(F)F)n2-c2cccc(Cl)c2)cc1. The maximum atomic E-state index is 13.3. The van der Waals surface area contributed by atoms with Crippen molar-refractivity contribution >= 4 is 40.9 Å². The fraction of sp³-hybridized carbons (Fsp3) is 0.185. The smallest absolute Gasteiger partial charge is 0.418 e. The van der Waals surface area contributed by atoms with Crippen LogP contribution in [0.4, 0.5) is 18.9 Å². The summed E-state index contributed by atoms with van der Waals surface area (Å²) >= 11 is 7.16. The van der Waals surface area contributed by atoms with Crippen LogP contribution in [-0.2, 0) is 28.7 Å². The van der Waals surface area contributed by atoms with Gasteiger partial charge >= 0.3 is 6.18 Å². The predicted molar refractivity (Wildman–Crippen MR) is 146 cm³/mol. The quantitative estimate of drug-likeness (QED) is 0.236. The lowest BCUT2D eigenvalue weighted by atomic mass is 10.1. The molecule has 0 unspecified atom stereocenters. The number of aromatic nitrogens is 3. The van der Waals surface area contributed by atoms with E-state index in [1.807, 2.05) is 0 Å².